The minimum Gasteiger partial charge on any atom is -0.457 e. The van der Waals surface area contributed by atoms with Crippen LogP contribution in [-0.4, -0.2) is 11.8 Å². The number of hydrogen-bond donors (Lipinski definition) is 0. The van der Waals surface area contributed by atoms with E-state index in [-0.39, 0.29) is 0 Å². The molecule has 3 heteroatoms. The Labute approximate surface area is 124 Å². The minimum absolute atomic E-state index is 0.622. The third-order valence-electron chi connectivity index (χ3n) is 2.82. The second kappa shape index (κ2) is 7.42. The summed E-state index contributed by atoms with van der Waals surface area (Å²) in [4.78, 5) is 0. The highest BCUT2D eigenvalue weighted by Gasteiger charge is 2.00. The molecule has 0 heterocycles. The van der Waals surface area contributed by atoms with Gasteiger partial charge in [0.2, 0.25) is 0 Å². The van der Waals surface area contributed by atoms with E-state index in [0.717, 1.165) is 24.3 Å². The fourth-order valence-corrected chi connectivity index (χ4v) is 2.28. The summed E-state index contributed by atoms with van der Waals surface area (Å²) < 4.78 is 5.82. The Morgan fingerprint density at radius 2 is 1.42 bits per heavy atom. The molecule has 0 spiro atoms. The zero-order valence-electron chi connectivity index (χ0n) is 10.6. The Hall–Kier alpha value is -1.18. The van der Waals surface area contributed by atoms with Crippen molar-refractivity contribution in [1.82, 2.24) is 0 Å². The average Bonchev–Trinajstić information content (AvgIpc) is 2.42. The van der Waals surface area contributed by atoms with Crippen molar-refractivity contribution in [2.75, 3.05) is 11.8 Å². The summed E-state index contributed by atoms with van der Waals surface area (Å²) in [5, 5.41) is 0. The fourth-order valence-electron chi connectivity index (χ4n) is 1.84. The summed E-state index contributed by atoms with van der Waals surface area (Å²) in [5.41, 5.74) is 2.41. The Morgan fingerprint density at radius 1 is 0.737 bits per heavy atom. The molecule has 0 bridgehead atoms. The van der Waals surface area contributed by atoms with E-state index < -0.39 is 0 Å². The van der Waals surface area contributed by atoms with Crippen LogP contribution >= 0.6 is 23.2 Å². The molecule has 2 rings (SSSR count). The normalized spacial score (nSPS) is 10.4. The third-order valence-corrected chi connectivity index (χ3v) is 3.20. The van der Waals surface area contributed by atoms with Gasteiger partial charge in [-0.05, 0) is 48.2 Å². The van der Waals surface area contributed by atoms with Crippen LogP contribution in [-0.2, 0) is 12.8 Å². The van der Waals surface area contributed by atoms with E-state index in [4.69, 9.17) is 27.9 Å². The van der Waals surface area contributed by atoms with Crippen LogP contribution < -0.4 is 4.74 Å². The van der Waals surface area contributed by atoms with E-state index in [1.54, 1.807) is 0 Å². The molecule has 0 N–H and O–H groups in total. The maximum absolute atomic E-state index is 5.82. The van der Waals surface area contributed by atoms with Crippen LogP contribution in [0.2, 0.25) is 0 Å². The molecule has 0 fully saturated rings. The highest BCUT2D eigenvalue weighted by Crippen LogP contribution is 2.23. The second-order valence-corrected chi connectivity index (χ2v) is 5.03. The van der Waals surface area contributed by atoms with E-state index in [1.807, 2.05) is 42.5 Å². The molecule has 0 aromatic heterocycles. The lowest BCUT2D eigenvalue weighted by molar-refractivity contribution is 0.482. The van der Waals surface area contributed by atoms with Gasteiger partial charge in [-0.3, -0.25) is 0 Å². The predicted molar refractivity (Wildman–Crippen MR) is 81.8 cm³/mol. The molecule has 1 nitrogen and oxygen atoms in total. The molecule has 0 aliphatic rings. The van der Waals surface area contributed by atoms with Gasteiger partial charge in [0.05, 0.1) is 0 Å². The van der Waals surface area contributed by atoms with Crippen LogP contribution in [0.3, 0.4) is 0 Å². The van der Waals surface area contributed by atoms with Gasteiger partial charge < -0.3 is 4.74 Å². The summed E-state index contributed by atoms with van der Waals surface area (Å²) in [6.45, 7) is 0. The maximum atomic E-state index is 5.82. The van der Waals surface area contributed by atoms with E-state index in [0.29, 0.717) is 11.8 Å². The number of halogens is 2. The Bertz CT molecular complexity index is 508. The molecule has 2 aromatic rings. The van der Waals surface area contributed by atoms with Crippen LogP contribution in [0.1, 0.15) is 11.1 Å². The van der Waals surface area contributed by atoms with Crippen molar-refractivity contribution in [3.05, 3.63) is 59.7 Å². The van der Waals surface area contributed by atoms with Crippen molar-refractivity contribution in [2.24, 2.45) is 0 Å². The first-order valence-electron chi connectivity index (χ1n) is 6.29. The maximum Gasteiger partial charge on any atom is 0.127 e. The molecular formula is C16H16Cl2O. The highest BCUT2D eigenvalue weighted by molar-refractivity contribution is 6.18. The summed E-state index contributed by atoms with van der Waals surface area (Å²) in [5.74, 6) is 2.94. The molecule has 100 valence electrons. The molecule has 2 aromatic carbocycles. The molecular weight excluding hydrogens is 279 g/mol. The molecule has 0 aliphatic heterocycles. The lowest BCUT2D eigenvalue weighted by Crippen LogP contribution is -1.90. The van der Waals surface area contributed by atoms with Gasteiger partial charge in [-0.1, -0.05) is 24.3 Å². The van der Waals surface area contributed by atoms with Crippen molar-refractivity contribution in [3.63, 3.8) is 0 Å². The molecule has 0 radical (unpaired) electrons. The van der Waals surface area contributed by atoms with E-state index in [9.17, 15) is 0 Å². The summed E-state index contributed by atoms with van der Waals surface area (Å²) in [7, 11) is 0. The number of benzene rings is 2. The third kappa shape index (κ3) is 4.45. The first kappa shape index (κ1) is 14.2. The van der Waals surface area contributed by atoms with Gasteiger partial charge in [0.1, 0.15) is 11.5 Å². The zero-order valence-corrected chi connectivity index (χ0v) is 12.1. The van der Waals surface area contributed by atoms with Crippen molar-refractivity contribution in [1.29, 1.82) is 0 Å². The summed E-state index contributed by atoms with van der Waals surface area (Å²) in [6.07, 6.45) is 1.74. The molecule has 0 saturated carbocycles. The number of rotatable bonds is 6. The van der Waals surface area contributed by atoms with Gasteiger partial charge in [0.25, 0.3) is 0 Å². The quantitative estimate of drug-likeness (QED) is 0.678. The van der Waals surface area contributed by atoms with E-state index in [2.05, 4.69) is 6.07 Å². The number of ether oxygens (including phenoxy) is 1. The van der Waals surface area contributed by atoms with Crippen molar-refractivity contribution < 1.29 is 4.74 Å². The molecule has 0 atom stereocenters. The van der Waals surface area contributed by atoms with Gasteiger partial charge in [0, 0.05) is 11.8 Å². The van der Waals surface area contributed by atoms with Gasteiger partial charge >= 0.3 is 0 Å². The zero-order chi connectivity index (χ0) is 13.5. The molecule has 19 heavy (non-hydrogen) atoms. The van der Waals surface area contributed by atoms with E-state index in [1.165, 1.54) is 11.1 Å². The lowest BCUT2D eigenvalue weighted by Gasteiger charge is -2.08. The van der Waals surface area contributed by atoms with Gasteiger partial charge in [-0.2, -0.15) is 0 Å². The van der Waals surface area contributed by atoms with Crippen molar-refractivity contribution in [3.8, 4) is 11.5 Å². The molecule has 0 amide bonds. The monoisotopic (exact) mass is 294 g/mol. The SMILES string of the molecule is ClCCc1ccc(Oc2cccc(CCCl)c2)cc1. The summed E-state index contributed by atoms with van der Waals surface area (Å²) >= 11 is 11.5. The fraction of sp³-hybridized carbons (Fsp3) is 0.250. The molecule has 0 unspecified atom stereocenters. The van der Waals surface area contributed by atoms with Gasteiger partial charge in [-0.25, -0.2) is 0 Å². The minimum atomic E-state index is 0.622. The van der Waals surface area contributed by atoms with Crippen molar-refractivity contribution >= 4 is 23.2 Å². The van der Waals surface area contributed by atoms with Crippen LogP contribution in [0.15, 0.2) is 48.5 Å². The van der Waals surface area contributed by atoms with E-state index >= 15 is 0 Å². The van der Waals surface area contributed by atoms with Crippen LogP contribution in [0, 0.1) is 0 Å². The Morgan fingerprint density at radius 3 is 2.11 bits per heavy atom. The topological polar surface area (TPSA) is 9.23 Å². The van der Waals surface area contributed by atoms with Crippen molar-refractivity contribution in [2.45, 2.75) is 12.8 Å². The average molecular weight is 295 g/mol. The van der Waals surface area contributed by atoms with Gasteiger partial charge in [0.15, 0.2) is 0 Å². The standard InChI is InChI=1S/C16H16Cl2O/c17-10-8-13-4-6-15(7-5-13)19-16-3-1-2-14(12-16)9-11-18/h1-7,12H,8-11H2. The summed E-state index contributed by atoms with van der Waals surface area (Å²) in [6, 6.07) is 16.0. The predicted octanol–water partition coefficient (Wildman–Crippen LogP) is 5.04. The number of aryl methyl sites for hydroxylation is 2. The lowest BCUT2D eigenvalue weighted by atomic mass is 10.1. The number of alkyl halides is 2. The van der Waals surface area contributed by atoms with Crippen LogP contribution in [0.4, 0.5) is 0 Å². The van der Waals surface area contributed by atoms with Crippen LogP contribution in [0.25, 0.3) is 0 Å². The second-order valence-electron chi connectivity index (χ2n) is 4.27. The Balaban J connectivity index is 2.05. The first-order chi connectivity index (χ1) is 9.31. The van der Waals surface area contributed by atoms with Crippen LogP contribution in [0.5, 0.6) is 11.5 Å². The molecule has 0 saturated heterocycles. The highest BCUT2D eigenvalue weighted by atomic mass is 35.5. The largest absolute Gasteiger partial charge is 0.457 e. The van der Waals surface area contributed by atoms with Gasteiger partial charge in [-0.15, -0.1) is 23.2 Å². The first-order valence-corrected chi connectivity index (χ1v) is 7.36. The Kier molecular flexibility index (Phi) is 5.56. The molecule has 0 aliphatic carbocycles. The smallest absolute Gasteiger partial charge is 0.127 e. The number of hydrogen-bond acceptors (Lipinski definition) is 1.